The monoisotopic (exact) mass is 383 g/mol. The molecule has 1 aromatic carbocycles. The third kappa shape index (κ3) is 5.37. The number of carbonyl (C=O) groups excluding carboxylic acids is 1. The van der Waals surface area contributed by atoms with Gasteiger partial charge in [0, 0.05) is 37.6 Å². The smallest absolute Gasteiger partial charge is 0.288 e. The van der Waals surface area contributed by atoms with Crippen molar-refractivity contribution in [1.82, 2.24) is 4.90 Å². The van der Waals surface area contributed by atoms with Crippen molar-refractivity contribution in [2.75, 3.05) is 26.3 Å². The molecule has 0 saturated carbocycles. The minimum Gasteiger partial charge on any atom is -0.459 e. The van der Waals surface area contributed by atoms with Crippen molar-refractivity contribution >= 4 is 5.91 Å². The van der Waals surface area contributed by atoms with Crippen LogP contribution in [-0.2, 0) is 14.3 Å². The molecule has 5 heteroatoms. The van der Waals surface area contributed by atoms with Gasteiger partial charge in [0.1, 0.15) is 0 Å². The third-order valence-electron chi connectivity index (χ3n) is 5.27. The summed E-state index contributed by atoms with van der Waals surface area (Å²) in [4.78, 5) is 14.8. The van der Waals surface area contributed by atoms with Crippen LogP contribution in [0.5, 0.6) is 0 Å². The van der Waals surface area contributed by atoms with E-state index in [1.807, 2.05) is 35.2 Å². The van der Waals surface area contributed by atoms with Crippen LogP contribution >= 0.6 is 0 Å². The Labute approximate surface area is 167 Å². The molecule has 150 valence electrons. The molecule has 1 aromatic rings. The number of aliphatic hydroxyl groups is 1. The highest BCUT2D eigenvalue weighted by molar-refractivity contribution is 5.91. The number of carbonyl (C=O) groups is 1. The molecule has 1 fully saturated rings. The van der Waals surface area contributed by atoms with E-state index in [-0.39, 0.29) is 18.4 Å². The molecule has 5 nitrogen and oxygen atoms in total. The van der Waals surface area contributed by atoms with E-state index in [0.717, 1.165) is 43.5 Å². The standard InChI is InChI=1S/C23H29NO4/c1-2-18-8-10-19(11-9-18)20-16-21(23(26)24-12-4-3-5-13-24)28-22(17-20)27-15-7-6-14-25/h1,8-11,16,20,22,25H,3-7,12-15,17H2/t20-,22+/m0/s1. The SMILES string of the molecule is C#Cc1ccc([C@H]2C=C(C(=O)N3CCCCC3)O[C@@H](OCCCCO)C2)cc1. The topological polar surface area (TPSA) is 59.0 Å². The molecule has 1 saturated heterocycles. The summed E-state index contributed by atoms with van der Waals surface area (Å²) in [6, 6.07) is 7.85. The molecule has 0 spiro atoms. The van der Waals surface area contributed by atoms with Crippen molar-refractivity contribution in [3.63, 3.8) is 0 Å². The first-order valence-corrected chi connectivity index (χ1v) is 10.2. The van der Waals surface area contributed by atoms with Crippen LogP contribution in [0.1, 0.15) is 55.6 Å². The molecule has 0 radical (unpaired) electrons. The lowest BCUT2D eigenvalue weighted by Crippen LogP contribution is -2.39. The van der Waals surface area contributed by atoms with Gasteiger partial charge >= 0.3 is 0 Å². The number of terminal acetylenes is 1. The van der Waals surface area contributed by atoms with Crippen LogP contribution < -0.4 is 0 Å². The van der Waals surface area contributed by atoms with Crippen molar-refractivity contribution in [2.24, 2.45) is 0 Å². The average molecular weight is 383 g/mol. The van der Waals surface area contributed by atoms with E-state index < -0.39 is 6.29 Å². The summed E-state index contributed by atoms with van der Waals surface area (Å²) in [6.07, 6.45) is 12.3. The third-order valence-corrected chi connectivity index (χ3v) is 5.27. The number of piperidine rings is 1. The zero-order valence-electron chi connectivity index (χ0n) is 16.3. The Morgan fingerprint density at radius 2 is 1.96 bits per heavy atom. The summed E-state index contributed by atoms with van der Waals surface area (Å²) in [5.74, 6) is 3.00. The van der Waals surface area contributed by atoms with Gasteiger partial charge in [-0.3, -0.25) is 4.79 Å². The van der Waals surface area contributed by atoms with Gasteiger partial charge in [-0.25, -0.2) is 0 Å². The number of rotatable bonds is 7. The van der Waals surface area contributed by atoms with Crippen LogP contribution in [-0.4, -0.2) is 48.5 Å². The van der Waals surface area contributed by atoms with Crippen LogP contribution in [0.3, 0.4) is 0 Å². The zero-order chi connectivity index (χ0) is 19.8. The Kier molecular flexibility index (Phi) is 7.53. The molecular formula is C23H29NO4. The van der Waals surface area contributed by atoms with Crippen LogP contribution in [0.15, 0.2) is 36.1 Å². The van der Waals surface area contributed by atoms with Crippen molar-refractivity contribution < 1.29 is 19.4 Å². The summed E-state index contributed by atoms with van der Waals surface area (Å²) in [5, 5.41) is 8.94. The summed E-state index contributed by atoms with van der Waals surface area (Å²) in [6.45, 7) is 2.21. The number of benzene rings is 1. The first kappa shape index (κ1) is 20.4. The summed E-state index contributed by atoms with van der Waals surface area (Å²) < 4.78 is 11.8. The highest BCUT2D eigenvalue weighted by Crippen LogP contribution is 2.32. The predicted molar refractivity (Wildman–Crippen MR) is 107 cm³/mol. The highest BCUT2D eigenvalue weighted by atomic mass is 16.7. The van der Waals surface area contributed by atoms with Gasteiger partial charge in [0.2, 0.25) is 6.29 Å². The van der Waals surface area contributed by atoms with Gasteiger partial charge < -0.3 is 19.5 Å². The van der Waals surface area contributed by atoms with E-state index in [0.29, 0.717) is 25.2 Å². The minimum atomic E-state index is -0.468. The Morgan fingerprint density at radius 3 is 2.64 bits per heavy atom. The fourth-order valence-electron chi connectivity index (χ4n) is 3.65. The van der Waals surface area contributed by atoms with E-state index in [1.54, 1.807) is 0 Å². The van der Waals surface area contributed by atoms with Gasteiger partial charge in [0.05, 0.1) is 6.61 Å². The van der Waals surface area contributed by atoms with Gasteiger partial charge in [0.15, 0.2) is 5.76 Å². The van der Waals surface area contributed by atoms with Gasteiger partial charge in [0.25, 0.3) is 5.91 Å². The molecule has 0 bridgehead atoms. The molecule has 2 heterocycles. The predicted octanol–water partition coefficient (Wildman–Crippen LogP) is 3.18. The molecule has 0 unspecified atom stereocenters. The van der Waals surface area contributed by atoms with Crippen LogP contribution in [0, 0.1) is 12.3 Å². The van der Waals surface area contributed by atoms with Crippen LogP contribution in [0.4, 0.5) is 0 Å². The van der Waals surface area contributed by atoms with Crippen LogP contribution in [0.25, 0.3) is 0 Å². The Hall–Kier alpha value is -2.29. The number of allylic oxidation sites excluding steroid dienone is 1. The number of ether oxygens (including phenoxy) is 2. The molecule has 0 aliphatic carbocycles. The zero-order valence-corrected chi connectivity index (χ0v) is 16.3. The second kappa shape index (κ2) is 10.3. The molecule has 0 aromatic heterocycles. The second-order valence-electron chi connectivity index (χ2n) is 7.34. The number of amides is 1. The van der Waals surface area contributed by atoms with E-state index >= 15 is 0 Å². The van der Waals surface area contributed by atoms with Gasteiger partial charge in [-0.1, -0.05) is 18.1 Å². The molecule has 3 rings (SSSR count). The fraction of sp³-hybridized carbons (Fsp3) is 0.522. The van der Waals surface area contributed by atoms with E-state index in [1.165, 1.54) is 6.42 Å². The number of hydrogen-bond acceptors (Lipinski definition) is 4. The van der Waals surface area contributed by atoms with E-state index in [9.17, 15) is 4.79 Å². The molecule has 28 heavy (non-hydrogen) atoms. The van der Waals surface area contributed by atoms with Crippen molar-refractivity contribution in [3.05, 3.63) is 47.2 Å². The van der Waals surface area contributed by atoms with Gasteiger partial charge in [-0.2, -0.15) is 0 Å². The summed E-state index contributed by atoms with van der Waals surface area (Å²) >= 11 is 0. The number of likely N-dealkylation sites (tertiary alicyclic amines) is 1. The average Bonchev–Trinajstić information content (AvgIpc) is 2.76. The van der Waals surface area contributed by atoms with E-state index in [2.05, 4.69) is 5.92 Å². The van der Waals surface area contributed by atoms with E-state index in [4.69, 9.17) is 21.0 Å². The van der Waals surface area contributed by atoms with Crippen molar-refractivity contribution in [2.45, 2.75) is 50.7 Å². The van der Waals surface area contributed by atoms with Crippen molar-refractivity contribution in [3.8, 4) is 12.3 Å². The maximum Gasteiger partial charge on any atom is 0.288 e. The maximum absolute atomic E-state index is 13.0. The number of nitrogens with zero attached hydrogens (tertiary/aromatic N) is 1. The maximum atomic E-state index is 13.0. The highest BCUT2D eigenvalue weighted by Gasteiger charge is 2.31. The summed E-state index contributed by atoms with van der Waals surface area (Å²) in [7, 11) is 0. The molecule has 2 atom stereocenters. The first-order chi connectivity index (χ1) is 13.7. The molecule has 2 aliphatic rings. The normalized spacial score (nSPS) is 22.1. The first-order valence-electron chi connectivity index (χ1n) is 10.2. The lowest BCUT2D eigenvalue weighted by molar-refractivity contribution is -0.153. The Bertz CT molecular complexity index is 713. The largest absolute Gasteiger partial charge is 0.459 e. The van der Waals surface area contributed by atoms with Gasteiger partial charge in [-0.05, 0) is 55.9 Å². The van der Waals surface area contributed by atoms with Crippen molar-refractivity contribution in [1.29, 1.82) is 0 Å². The Balaban J connectivity index is 1.75. The molecule has 2 aliphatic heterocycles. The molecule has 1 N–H and O–H groups in total. The molecular weight excluding hydrogens is 354 g/mol. The lowest BCUT2D eigenvalue weighted by Gasteiger charge is -2.33. The quantitative estimate of drug-likeness (QED) is 0.580. The number of aliphatic hydroxyl groups excluding tert-OH is 1. The molecule has 1 amide bonds. The number of hydrogen-bond donors (Lipinski definition) is 1. The lowest BCUT2D eigenvalue weighted by atomic mass is 9.92. The fourth-order valence-corrected chi connectivity index (χ4v) is 3.65. The Morgan fingerprint density at radius 1 is 1.21 bits per heavy atom. The van der Waals surface area contributed by atoms with Gasteiger partial charge in [-0.15, -0.1) is 6.42 Å². The second-order valence-corrected chi connectivity index (χ2v) is 7.34. The van der Waals surface area contributed by atoms with Crippen LogP contribution in [0.2, 0.25) is 0 Å². The summed E-state index contributed by atoms with van der Waals surface area (Å²) in [5.41, 5.74) is 1.93. The minimum absolute atomic E-state index is 0.0344. The number of unbranched alkanes of at least 4 members (excludes halogenated alkanes) is 1.